The van der Waals surface area contributed by atoms with E-state index in [9.17, 15) is 14.4 Å². The average molecular weight is 434 g/mol. The van der Waals surface area contributed by atoms with Crippen LogP contribution in [0.15, 0.2) is 24.3 Å². The van der Waals surface area contributed by atoms with E-state index in [0.29, 0.717) is 83.5 Å². The third-order valence-corrected chi connectivity index (χ3v) is 5.13. The third-order valence-electron chi connectivity index (χ3n) is 5.13. The Balaban J connectivity index is 1.45. The Morgan fingerprint density at radius 2 is 1.19 bits per heavy atom. The van der Waals surface area contributed by atoms with Crippen molar-refractivity contribution < 1.29 is 33.3 Å². The Morgan fingerprint density at radius 3 is 1.68 bits per heavy atom. The second kappa shape index (κ2) is 12.5. The van der Waals surface area contributed by atoms with Gasteiger partial charge in [0.15, 0.2) is 0 Å². The molecule has 0 atom stereocenters. The van der Waals surface area contributed by atoms with E-state index in [1.165, 1.54) is 4.90 Å². The van der Waals surface area contributed by atoms with Crippen molar-refractivity contribution in [3.8, 4) is 0 Å². The summed E-state index contributed by atoms with van der Waals surface area (Å²) >= 11 is 0. The topological polar surface area (TPSA) is 94.6 Å². The van der Waals surface area contributed by atoms with Crippen molar-refractivity contribution in [2.24, 2.45) is 0 Å². The van der Waals surface area contributed by atoms with E-state index >= 15 is 0 Å². The van der Waals surface area contributed by atoms with Gasteiger partial charge in [0.2, 0.25) is 5.91 Å². The third kappa shape index (κ3) is 6.83. The summed E-state index contributed by atoms with van der Waals surface area (Å²) in [5, 5.41) is 0. The number of amides is 3. The van der Waals surface area contributed by atoms with Crippen LogP contribution in [0.2, 0.25) is 0 Å². The number of benzene rings is 1. The van der Waals surface area contributed by atoms with Gasteiger partial charge in [0.25, 0.3) is 11.8 Å². The summed E-state index contributed by atoms with van der Waals surface area (Å²) in [5.41, 5.74) is 0.846. The van der Waals surface area contributed by atoms with Crippen molar-refractivity contribution in [3.05, 3.63) is 35.4 Å². The summed E-state index contributed by atoms with van der Waals surface area (Å²) in [4.78, 5) is 40.5. The van der Waals surface area contributed by atoms with Gasteiger partial charge in [-0.25, -0.2) is 0 Å². The Morgan fingerprint density at radius 1 is 0.742 bits per heavy atom. The summed E-state index contributed by atoms with van der Waals surface area (Å²) < 4.78 is 21.9. The number of rotatable bonds is 4. The van der Waals surface area contributed by atoms with E-state index in [1.54, 1.807) is 29.2 Å². The number of imide groups is 1. The molecule has 0 radical (unpaired) electrons. The van der Waals surface area contributed by atoms with Crippen molar-refractivity contribution >= 4 is 17.7 Å². The number of fused-ring (bicyclic) bond motifs is 1. The lowest BCUT2D eigenvalue weighted by molar-refractivity contribution is -0.133. The maximum Gasteiger partial charge on any atom is 0.261 e. The molecule has 1 aromatic carbocycles. The molecule has 0 aliphatic carbocycles. The molecule has 0 N–H and O–H groups in total. The van der Waals surface area contributed by atoms with Gasteiger partial charge in [0, 0.05) is 26.1 Å². The Labute approximate surface area is 182 Å². The van der Waals surface area contributed by atoms with Crippen LogP contribution in [0, 0.1) is 0 Å². The van der Waals surface area contributed by atoms with Gasteiger partial charge in [0.1, 0.15) is 0 Å². The Bertz CT molecular complexity index is 704. The molecular weight excluding hydrogens is 404 g/mol. The largest absolute Gasteiger partial charge is 0.377 e. The van der Waals surface area contributed by atoms with Gasteiger partial charge >= 0.3 is 0 Å². The van der Waals surface area contributed by atoms with E-state index < -0.39 is 0 Å². The number of carbonyl (C=O) groups is 3. The first-order chi connectivity index (χ1) is 15.2. The maximum atomic E-state index is 12.7. The van der Waals surface area contributed by atoms with Gasteiger partial charge in [-0.1, -0.05) is 12.1 Å². The van der Waals surface area contributed by atoms with Gasteiger partial charge in [-0.15, -0.1) is 0 Å². The lowest BCUT2D eigenvalue weighted by atomic mass is 10.1. The van der Waals surface area contributed by atoms with Crippen molar-refractivity contribution in [3.63, 3.8) is 0 Å². The Kier molecular flexibility index (Phi) is 9.41. The van der Waals surface area contributed by atoms with Crippen LogP contribution < -0.4 is 0 Å². The first-order valence-electron chi connectivity index (χ1n) is 10.7. The minimum absolute atomic E-state index is 0.0550. The van der Waals surface area contributed by atoms with E-state index in [4.69, 9.17) is 18.9 Å². The molecule has 0 unspecified atom stereocenters. The minimum Gasteiger partial charge on any atom is -0.377 e. The van der Waals surface area contributed by atoms with Crippen LogP contribution in [-0.4, -0.2) is 100 Å². The van der Waals surface area contributed by atoms with Crippen molar-refractivity contribution in [2.45, 2.75) is 12.8 Å². The molecule has 3 rings (SSSR count). The molecule has 9 heteroatoms. The van der Waals surface area contributed by atoms with Gasteiger partial charge in [0.05, 0.1) is 64.0 Å². The van der Waals surface area contributed by atoms with Gasteiger partial charge < -0.3 is 23.8 Å². The van der Waals surface area contributed by atoms with Crippen LogP contribution in [-0.2, 0) is 23.7 Å². The fraction of sp³-hybridized carbons (Fsp3) is 0.591. The first-order valence-corrected chi connectivity index (χ1v) is 10.7. The van der Waals surface area contributed by atoms with Gasteiger partial charge in [-0.05, 0) is 18.6 Å². The van der Waals surface area contributed by atoms with Gasteiger partial charge in [-0.2, -0.15) is 0 Å². The first kappa shape index (κ1) is 23.3. The molecule has 2 aliphatic heterocycles. The summed E-state index contributed by atoms with van der Waals surface area (Å²) in [5.74, 6) is -0.650. The fourth-order valence-electron chi connectivity index (χ4n) is 3.46. The minimum atomic E-state index is -0.298. The molecular formula is C22H30N2O7. The lowest BCUT2D eigenvalue weighted by Crippen LogP contribution is -2.38. The molecule has 1 saturated heterocycles. The van der Waals surface area contributed by atoms with E-state index in [2.05, 4.69) is 0 Å². The summed E-state index contributed by atoms with van der Waals surface area (Å²) in [7, 11) is 0. The molecule has 31 heavy (non-hydrogen) atoms. The highest BCUT2D eigenvalue weighted by atomic mass is 16.6. The van der Waals surface area contributed by atoms with Crippen LogP contribution in [0.25, 0.3) is 0 Å². The zero-order valence-electron chi connectivity index (χ0n) is 17.8. The fourth-order valence-corrected chi connectivity index (χ4v) is 3.46. The average Bonchev–Trinajstić information content (AvgIpc) is 3.01. The summed E-state index contributed by atoms with van der Waals surface area (Å²) in [6.07, 6.45) is 0.643. The number of nitrogens with zero attached hydrogens (tertiary/aromatic N) is 2. The van der Waals surface area contributed by atoms with Crippen LogP contribution in [0.5, 0.6) is 0 Å². The zero-order chi connectivity index (χ0) is 21.9. The molecule has 3 amide bonds. The molecule has 0 spiro atoms. The number of hydrogen-bond acceptors (Lipinski definition) is 7. The highest BCUT2D eigenvalue weighted by Gasteiger charge is 2.34. The molecule has 0 saturated carbocycles. The molecule has 2 aliphatic rings. The molecule has 1 fully saturated rings. The van der Waals surface area contributed by atoms with Crippen molar-refractivity contribution in [1.82, 2.24) is 9.80 Å². The second-order valence-corrected chi connectivity index (χ2v) is 7.24. The quantitative estimate of drug-likeness (QED) is 0.652. The number of ether oxygens (including phenoxy) is 4. The summed E-state index contributed by atoms with van der Waals surface area (Å²) in [6, 6.07) is 6.78. The molecule has 2 heterocycles. The van der Waals surface area contributed by atoms with E-state index in [1.807, 2.05) is 0 Å². The molecule has 1 aromatic rings. The SMILES string of the molecule is O=C(CCCN1C(=O)c2ccccc2C1=O)N1CCOCCOCCOCCOCC1. The second-order valence-electron chi connectivity index (χ2n) is 7.24. The number of hydrogen-bond donors (Lipinski definition) is 0. The summed E-state index contributed by atoms with van der Waals surface area (Å²) in [6.45, 7) is 4.83. The highest BCUT2D eigenvalue weighted by Crippen LogP contribution is 2.22. The molecule has 0 aromatic heterocycles. The van der Waals surface area contributed by atoms with Crippen LogP contribution in [0.4, 0.5) is 0 Å². The number of carbonyl (C=O) groups excluding carboxylic acids is 3. The smallest absolute Gasteiger partial charge is 0.261 e. The van der Waals surface area contributed by atoms with E-state index in [0.717, 1.165) is 0 Å². The predicted octanol–water partition coefficient (Wildman–Crippen LogP) is 0.971. The predicted molar refractivity (Wildman–Crippen MR) is 111 cm³/mol. The zero-order valence-corrected chi connectivity index (χ0v) is 17.8. The van der Waals surface area contributed by atoms with Crippen LogP contribution in [0.3, 0.4) is 0 Å². The van der Waals surface area contributed by atoms with E-state index in [-0.39, 0.29) is 30.7 Å². The molecule has 0 bridgehead atoms. The van der Waals surface area contributed by atoms with Crippen molar-refractivity contribution in [1.29, 1.82) is 0 Å². The van der Waals surface area contributed by atoms with Crippen molar-refractivity contribution in [2.75, 3.05) is 72.5 Å². The van der Waals surface area contributed by atoms with Crippen LogP contribution >= 0.6 is 0 Å². The normalized spacial score (nSPS) is 19.6. The van der Waals surface area contributed by atoms with Crippen LogP contribution in [0.1, 0.15) is 33.6 Å². The Hall–Kier alpha value is -2.33. The van der Waals surface area contributed by atoms with Gasteiger partial charge in [-0.3, -0.25) is 19.3 Å². The standard InChI is InChI=1S/C22H30N2O7/c25-20(6-3-7-24-21(26)18-4-1-2-5-19(18)22(24)27)23-8-10-28-12-14-30-16-17-31-15-13-29-11-9-23/h1-2,4-5H,3,6-17H2. The molecule has 9 nitrogen and oxygen atoms in total. The monoisotopic (exact) mass is 434 g/mol. The lowest BCUT2D eigenvalue weighted by Gasteiger charge is -2.23. The highest BCUT2D eigenvalue weighted by molar-refractivity contribution is 6.21. The maximum absolute atomic E-state index is 12.7. The molecule has 170 valence electrons.